The van der Waals surface area contributed by atoms with E-state index in [9.17, 15) is 14.4 Å². The third kappa shape index (κ3) is 2.75. The lowest BCUT2D eigenvalue weighted by Crippen LogP contribution is -2.64. The number of aryl methyl sites for hydroxylation is 1. The molecule has 2 atom stereocenters. The first-order chi connectivity index (χ1) is 12.0. The van der Waals surface area contributed by atoms with Gasteiger partial charge in [0, 0.05) is 25.2 Å². The molecule has 130 valence electrons. The van der Waals surface area contributed by atoms with Crippen molar-refractivity contribution in [3.63, 3.8) is 0 Å². The van der Waals surface area contributed by atoms with E-state index in [0.29, 0.717) is 5.56 Å². The fourth-order valence-corrected chi connectivity index (χ4v) is 3.83. The number of carbonyl (C=O) groups excluding carboxylic acids is 2. The average Bonchev–Trinajstić information content (AvgIpc) is 3.16. The van der Waals surface area contributed by atoms with Gasteiger partial charge < -0.3 is 15.7 Å². The molecule has 2 aromatic rings. The maximum atomic E-state index is 12.6. The quantitative estimate of drug-likeness (QED) is 0.713. The van der Waals surface area contributed by atoms with E-state index in [0.717, 1.165) is 12.8 Å². The van der Waals surface area contributed by atoms with Crippen LogP contribution in [0.5, 0.6) is 0 Å². The Kier molecular flexibility index (Phi) is 3.71. The van der Waals surface area contributed by atoms with Crippen molar-refractivity contribution in [2.24, 2.45) is 13.0 Å². The minimum absolute atomic E-state index is 0.0717. The minimum Gasteiger partial charge on any atom is -0.342 e. The first-order valence-electron chi connectivity index (χ1n) is 8.43. The van der Waals surface area contributed by atoms with Crippen LogP contribution in [0, 0.1) is 5.92 Å². The third-order valence-corrected chi connectivity index (χ3v) is 5.20. The Hall–Kier alpha value is -2.83. The van der Waals surface area contributed by atoms with Crippen LogP contribution in [0.3, 0.4) is 0 Å². The van der Waals surface area contributed by atoms with Crippen LogP contribution in [0.1, 0.15) is 16.7 Å². The van der Waals surface area contributed by atoms with Gasteiger partial charge in [0.05, 0.1) is 0 Å². The maximum Gasteiger partial charge on any atom is 0.269 e. The Labute approximate surface area is 144 Å². The molecule has 1 aliphatic carbocycles. The topological polar surface area (TPSA) is 96.0 Å². The van der Waals surface area contributed by atoms with Crippen molar-refractivity contribution >= 4 is 11.8 Å². The van der Waals surface area contributed by atoms with Crippen molar-refractivity contribution in [1.82, 2.24) is 20.4 Å². The molecule has 7 nitrogen and oxygen atoms in total. The molecule has 7 heteroatoms. The summed E-state index contributed by atoms with van der Waals surface area (Å²) < 4.78 is 1.34. The molecule has 1 unspecified atom stereocenters. The summed E-state index contributed by atoms with van der Waals surface area (Å²) in [6.07, 6.45) is 3.34. The van der Waals surface area contributed by atoms with Crippen molar-refractivity contribution in [2.75, 3.05) is 0 Å². The highest BCUT2D eigenvalue weighted by Gasteiger charge is 2.40. The third-order valence-electron chi connectivity index (χ3n) is 5.20. The largest absolute Gasteiger partial charge is 0.342 e. The van der Waals surface area contributed by atoms with E-state index in [-0.39, 0.29) is 29.7 Å². The van der Waals surface area contributed by atoms with Crippen molar-refractivity contribution in [1.29, 1.82) is 0 Å². The van der Waals surface area contributed by atoms with E-state index >= 15 is 0 Å². The zero-order valence-corrected chi connectivity index (χ0v) is 13.9. The Morgan fingerprint density at radius 3 is 2.32 bits per heavy atom. The number of fused-ring (bicyclic) bond motifs is 1. The highest BCUT2D eigenvalue weighted by molar-refractivity contribution is 5.97. The van der Waals surface area contributed by atoms with Gasteiger partial charge in [0.2, 0.25) is 11.8 Å². The number of nitrogens with one attached hydrogen (secondary N) is 3. The van der Waals surface area contributed by atoms with Gasteiger partial charge >= 0.3 is 0 Å². The fraction of sp³-hybridized carbons (Fsp3) is 0.389. The maximum absolute atomic E-state index is 12.6. The van der Waals surface area contributed by atoms with E-state index in [2.05, 4.69) is 27.9 Å². The number of piperazine rings is 1. The average molecular weight is 340 g/mol. The summed E-state index contributed by atoms with van der Waals surface area (Å²) >= 11 is 0. The number of amides is 2. The van der Waals surface area contributed by atoms with Crippen LogP contribution < -0.4 is 16.2 Å². The van der Waals surface area contributed by atoms with E-state index in [4.69, 9.17) is 0 Å². The minimum atomic E-state index is -0.712. The van der Waals surface area contributed by atoms with E-state index in [1.54, 1.807) is 13.2 Å². The predicted molar refractivity (Wildman–Crippen MR) is 90.9 cm³/mol. The summed E-state index contributed by atoms with van der Waals surface area (Å²) in [5, 5.41) is 8.44. The number of carbonyl (C=O) groups is 2. The van der Waals surface area contributed by atoms with Crippen LogP contribution in [0.4, 0.5) is 0 Å². The van der Waals surface area contributed by atoms with Crippen LogP contribution in [-0.2, 0) is 35.9 Å². The summed E-state index contributed by atoms with van der Waals surface area (Å²) in [5.41, 5.74) is 2.78. The van der Waals surface area contributed by atoms with Gasteiger partial charge in [0.1, 0.15) is 12.1 Å². The van der Waals surface area contributed by atoms with Gasteiger partial charge in [-0.05, 0) is 29.9 Å². The molecule has 1 aliphatic heterocycles. The molecule has 25 heavy (non-hydrogen) atoms. The molecule has 1 fully saturated rings. The highest BCUT2D eigenvalue weighted by atomic mass is 16.2. The summed E-state index contributed by atoms with van der Waals surface area (Å²) in [5.74, 6) is -0.332. The Balaban J connectivity index is 1.46. The number of benzene rings is 1. The van der Waals surface area contributed by atoms with E-state index in [1.807, 2.05) is 12.1 Å². The lowest BCUT2D eigenvalue weighted by atomic mass is 9.92. The Bertz CT molecular complexity index is 873. The number of rotatable bonds is 3. The molecule has 2 heterocycles. The van der Waals surface area contributed by atoms with Crippen molar-refractivity contribution < 1.29 is 9.59 Å². The molecule has 0 spiro atoms. The SMILES string of the molecule is Cn1[nH]cc(C[C@@H]2NC(=O)C(C3Cc4ccccc4C3)NC2=O)c1=O. The van der Waals surface area contributed by atoms with Crippen LogP contribution in [0.2, 0.25) is 0 Å². The number of nitrogens with zero attached hydrogens (tertiary/aromatic N) is 1. The lowest BCUT2D eigenvalue weighted by molar-refractivity contribution is -0.138. The molecule has 0 saturated carbocycles. The second kappa shape index (κ2) is 5.91. The summed E-state index contributed by atoms with van der Waals surface area (Å²) in [4.78, 5) is 36.9. The van der Waals surface area contributed by atoms with Crippen molar-refractivity contribution in [3.05, 3.63) is 57.5 Å². The number of hydrogen-bond acceptors (Lipinski definition) is 3. The molecule has 2 aliphatic rings. The molecule has 1 aromatic carbocycles. The predicted octanol–water partition coefficient (Wildman–Crippen LogP) is -0.346. The molecular formula is C18H20N4O3. The molecule has 0 radical (unpaired) electrons. The second-order valence-electron chi connectivity index (χ2n) is 6.85. The van der Waals surface area contributed by atoms with Crippen molar-refractivity contribution in [2.45, 2.75) is 31.3 Å². The van der Waals surface area contributed by atoms with Gasteiger partial charge in [0.15, 0.2) is 0 Å². The van der Waals surface area contributed by atoms with Crippen LogP contribution in [0.25, 0.3) is 0 Å². The first-order valence-corrected chi connectivity index (χ1v) is 8.43. The summed E-state index contributed by atoms with van der Waals surface area (Å²) in [7, 11) is 1.61. The molecule has 1 aromatic heterocycles. The van der Waals surface area contributed by atoms with Gasteiger partial charge in [-0.25, -0.2) is 0 Å². The van der Waals surface area contributed by atoms with Gasteiger partial charge in [0.25, 0.3) is 5.56 Å². The van der Waals surface area contributed by atoms with Gasteiger partial charge in [-0.2, -0.15) is 0 Å². The molecular weight excluding hydrogens is 320 g/mol. The van der Waals surface area contributed by atoms with E-state index in [1.165, 1.54) is 15.8 Å². The molecule has 2 amide bonds. The zero-order chi connectivity index (χ0) is 17.6. The smallest absolute Gasteiger partial charge is 0.269 e. The van der Waals surface area contributed by atoms with Crippen LogP contribution >= 0.6 is 0 Å². The number of H-pyrrole nitrogens is 1. The normalized spacial score (nSPS) is 23.2. The molecule has 4 rings (SSSR count). The van der Waals surface area contributed by atoms with Gasteiger partial charge in [-0.1, -0.05) is 24.3 Å². The number of hydrogen-bond donors (Lipinski definition) is 3. The number of aromatic nitrogens is 2. The van der Waals surface area contributed by atoms with Gasteiger partial charge in [-0.3, -0.25) is 19.1 Å². The van der Waals surface area contributed by atoms with Crippen molar-refractivity contribution in [3.8, 4) is 0 Å². The lowest BCUT2D eigenvalue weighted by Gasteiger charge is -2.32. The second-order valence-corrected chi connectivity index (χ2v) is 6.85. The monoisotopic (exact) mass is 340 g/mol. The van der Waals surface area contributed by atoms with E-state index < -0.39 is 12.1 Å². The Morgan fingerprint density at radius 2 is 1.72 bits per heavy atom. The van der Waals surface area contributed by atoms with Crippen LogP contribution in [-0.4, -0.2) is 33.7 Å². The summed E-state index contributed by atoms with van der Waals surface area (Å²) in [6, 6.07) is 6.90. The molecule has 1 saturated heterocycles. The Morgan fingerprint density at radius 1 is 1.04 bits per heavy atom. The highest BCUT2D eigenvalue weighted by Crippen LogP contribution is 2.29. The first kappa shape index (κ1) is 15.7. The number of aromatic amines is 1. The van der Waals surface area contributed by atoms with Gasteiger partial charge in [-0.15, -0.1) is 0 Å². The fourth-order valence-electron chi connectivity index (χ4n) is 3.83. The summed E-state index contributed by atoms with van der Waals surface area (Å²) in [6.45, 7) is 0. The molecule has 0 bridgehead atoms. The molecule has 3 N–H and O–H groups in total. The van der Waals surface area contributed by atoms with Crippen LogP contribution in [0.15, 0.2) is 35.3 Å². The zero-order valence-electron chi connectivity index (χ0n) is 13.9. The standard InChI is InChI=1S/C18H20N4O3/c1-22-18(25)13(9-19-22)8-14-16(23)21-15(17(24)20-14)12-6-10-4-2-3-5-11(10)7-12/h2-5,9,12,14-15,19H,6-8H2,1H3,(H,20,24)(H,21,23)/t14-,15?/m0/s1.